The van der Waals surface area contributed by atoms with Gasteiger partial charge in [-0.25, -0.2) is 9.82 Å². The van der Waals surface area contributed by atoms with E-state index in [1.54, 1.807) is 42.5 Å². The number of ether oxygens (including phenoxy) is 2. The molecule has 0 radical (unpaired) electrons. The number of carbonyl (C=O) groups excluding carboxylic acids is 1. The van der Waals surface area contributed by atoms with Gasteiger partial charge in [0.05, 0.1) is 40.6 Å². The number of nitrogens with one attached hydrogen (secondary N) is 1. The summed E-state index contributed by atoms with van der Waals surface area (Å²) in [7, 11) is 1.50. The Balaban J connectivity index is 1.64. The number of hydrogen-bond donors (Lipinski definition) is 1. The van der Waals surface area contributed by atoms with Crippen LogP contribution in [0.4, 0.5) is 4.39 Å². The van der Waals surface area contributed by atoms with Crippen LogP contribution < -0.4 is 14.9 Å². The smallest absolute Gasteiger partial charge is 0.274 e. The molecule has 3 aromatic carbocycles. The molecule has 0 bridgehead atoms. The lowest BCUT2D eigenvalue weighted by Crippen LogP contribution is -2.19. The Morgan fingerprint density at radius 3 is 2.62 bits per heavy atom. The molecule has 0 saturated carbocycles. The van der Waals surface area contributed by atoms with Gasteiger partial charge in [-0.05, 0) is 59.7 Å². The maximum Gasteiger partial charge on any atom is 0.274 e. The molecule has 1 amide bonds. The van der Waals surface area contributed by atoms with Crippen LogP contribution in [0.1, 0.15) is 27.0 Å². The molecule has 6 nitrogen and oxygen atoms in total. The molecule has 0 spiro atoms. The van der Waals surface area contributed by atoms with E-state index < -0.39 is 11.7 Å². The van der Waals surface area contributed by atoms with Crippen molar-refractivity contribution >= 4 is 35.3 Å². The van der Waals surface area contributed by atoms with E-state index in [0.29, 0.717) is 27.1 Å². The van der Waals surface area contributed by atoms with Crippen molar-refractivity contribution < 1.29 is 18.7 Å². The maximum absolute atomic E-state index is 13.9. The Hall–Kier alpha value is -3.60. The first-order valence-corrected chi connectivity index (χ1v) is 9.94. The Kier molecular flexibility index (Phi) is 7.66. The summed E-state index contributed by atoms with van der Waals surface area (Å²) >= 11 is 11.9. The van der Waals surface area contributed by atoms with E-state index in [9.17, 15) is 9.18 Å². The van der Waals surface area contributed by atoms with Gasteiger partial charge in [0.1, 0.15) is 12.4 Å². The van der Waals surface area contributed by atoms with Crippen molar-refractivity contribution in [2.45, 2.75) is 6.61 Å². The van der Waals surface area contributed by atoms with Gasteiger partial charge in [0.2, 0.25) is 0 Å². The van der Waals surface area contributed by atoms with Crippen molar-refractivity contribution in [3.05, 3.63) is 92.7 Å². The Morgan fingerprint density at radius 2 is 1.94 bits per heavy atom. The Morgan fingerprint density at radius 1 is 1.12 bits per heavy atom. The standard InChI is InChI=1S/C23H16Cl2FN3O3/c1-31-22-10-15(4-7-21(22)32-13-16-3-6-18(24)19(25)8-16)12-28-29-23(30)17-5-2-14(11-27)9-20(17)26/h2-10,12H,13H2,1H3,(H,29,30)/b28-12-. The number of methoxy groups -OCH3 is 1. The molecule has 1 N–H and O–H groups in total. The topological polar surface area (TPSA) is 83.7 Å². The largest absolute Gasteiger partial charge is 0.493 e. The van der Waals surface area contributed by atoms with Gasteiger partial charge in [-0.1, -0.05) is 29.3 Å². The van der Waals surface area contributed by atoms with Gasteiger partial charge in [0.25, 0.3) is 5.91 Å². The number of nitriles is 1. The summed E-state index contributed by atoms with van der Waals surface area (Å²) in [5.74, 6) is -0.587. The molecule has 3 rings (SSSR count). The number of hydrazone groups is 1. The number of nitrogens with zero attached hydrogens (tertiary/aromatic N) is 2. The lowest BCUT2D eigenvalue weighted by Gasteiger charge is -2.11. The van der Waals surface area contributed by atoms with Gasteiger partial charge < -0.3 is 9.47 Å². The highest BCUT2D eigenvalue weighted by Crippen LogP contribution is 2.29. The minimum absolute atomic E-state index is 0.121. The van der Waals surface area contributed by atoms with E-state index in [1.807, 2.05) is 0 Å². The van der Waals surface area contributed by atoms with Crippen molar-refractivity contribution in [2.24, 2.45) is 5.10 Å². The van der Waals surface area contributed by atoms with Gasteiger partial charge in [-0.15, -0.1) is 0 Å². The third-order valence-electron chi connectivity index (χ3n) is 4.29. The highest BCUT2D eigenvalue weighted by molar-refractivity contribution is 6.42. The number of hydrogen-bond acceptors (Lipinski definition) is 5. The van der Waals surface area contributed by atoms with Crippen LogP contribution in [0.5, 0.6) is 11.5 Å². The number of benzene rings is 3. The fraction of sp³-hybridized carbons (Fsp3) is 0.0870. The van der Waals surface area contributed by atoms with E-state index >= 15 is 0 Å². The molecule has 0 aliphatic rings. The predicted octanol–water partition coefficient (Wildman–Crippen LogP) is 5.36. The molecule has 0 aliphatic carbocycles. The highest BCUT2D eigenvalue weighted by atomic mass is 35.5. The minimum atomic E-state index is -0.804. The van der Waals surface area contributed by atoms with Crippen molar-refractivity contribution in [3.63, 3.8) is 0 Å². The van der Waals surface area contributed by atoms with Gasteiger partial charge >= 0.3 is 0 Å². The monoisotopic (exact) mass is 471 g/mol. The molecule has 3 aromatic rings. The maximum atomic E-state index is 13.9. The molecule has 0 unspecified atom stereocenters. The molecule has 0 aromatic heterocycles. The van der Waals surface area contributed by atoms with Crippen molar-refractivity contribution in [1.29, 1.82) is 5.26 Å². The summed E-state index contributed by atoms with van der Waals surface area (Å²) in [6.07, 6.45) is 1.38. The number of amides is 1. The molecule has 0 atom stereocenters. The zero-order chi connectivity index (χ0) is 23.1. The zero-order valence-corrected chi connectivity index (χ0v) is 18.2. The molecule has 0 heterocycles. The molecule has 32 heavy (non-hydrogen) atoms. The number of halogens is 3. The van der Waals surface area contributed by atoms with E-state index in [1.165, 1.54) is 25.5 Å². The first kappa shape index (κ1) is 23.1. The van der Waals surface area contributed by atoms with Crippen LogP contribution in [0.3, 0.4) is 0 Å². The van der Waals surface area contributed by atoms with E-state index in [4.69, 9.17) is 37.9 Å². The minimum Gasteiger partial charge on any atom is -0.493 e. The highest BCUT2D eigenvalue weighted by Gasteiger charge is 2.12. The summed E-state index contributed by atoms with van der Waals surface area (Å²) in [6.45, 7) is 0.257. The average molecular weight is 472 g/mol. The number of carbonyl (C=O) groups is 1. The van der Waals surface area contributed by atoms with Gasteiger partial charge in [0, 0.05) is 0 Å². The molecular weight excluding hydrogens is 456 g/mol. The lowest BCUT2D eigenvalue weighted by molar-refractivity contribution is 0.0951. The van der Waals surface area contributed by atoms with Crippen molar-refractivity contribution in [1.82, 2.24) is 5.43 Å². The Bertz CT molecular complexity index is 1230. The molecule has 0 aliphatic heterocycles. The molecular formula is C23H16Cl2FN3O3. The van der Waals surface area contributed by atoms with Gasteiger partial charge in [-0.3, -0.25) is 4.79 Å². The molecule has 9 heteroatoms. The second-order valence-corrected chi connectivity index (χ2v) is 7.27. The third-order valence-corrected chi connectivity index (χ3v) is 5.03. The van der Waals surface area contributed by atoms with Crippen LogP contribution in [-0.4, -0.2) is 19.2 Å². The van der Waals surface area contributed by atoms with Gasteiger partial charge in [0.15, 0.2) is 11.5 Å². The van der Waals surface area contributed by atoms with Crippen LogP contribution >= 0.6 is 23.2 Å². The van der Waals surface area contributed by atoms with Gasteiger partial charge in [-0.2, -0.15) is 10.4 Å². The summed E-state index contributed by atoms with van der Waals surface area (Å²) < 4.78 is 25.1. The summed E-state index contributed by atoms with van der Waals surface area (Å²) in [4.78, 5) is 12.1. The second kappa shape index (κ2) is 10.6. The number of rotatable bonds is 7. The van der Waals surface area contributed by atoms with Crippen molar-refractivity contribution in [3.8, 4) is 17.6 Å². The predicted molar refractivity (Wildman–Crippen MR) is 120 cm³/mol. The second-order valence-electron chi connectivity index (χ2n) is 6.45. The first-order valence-electron chi connectivity index (χ1n) is 9.19. The van der Waals surface area contributed by atoms with E-state index in [-0.39, 0.29) is 17.7 Å². The summed E-state index contributed by atoms with van der Waals surface area (Å²) in [5.41, 5.74) is 3.60. The SMILES string of the molecule is COc1cc(/C=N\NC(=O)c2ccc(C#N)cc2F)ccc1OCc1ccc(Cl)c(Cl)c1. The summed E-state index contributed by atoms with van der Waals surface area (Å²) in [6, 6.07) is 15.7. The molecule has 0 saturated heterocycles. The Labute approximate surface area is 193 Å². The fourth-order valence-corrected chi connectivity index (χ4v) is 2.99. The van der Waals surface area contributed by atoms with Crippen molar-refractivity contribution in [2.75, 3.05) is 7.11 Å². The third kappa shape index (κ3) is 5.76. The lowest BCUT2D eigenvalue weighted by atomic mass is 10.1. The van der Waals surface area contributed by atoms with E-state index in [0.717, 1.165) is 11.6 Å². The zero-order valence-electron chi connectivity index (χ0n) is 16.7. The molecule has 162 valence electrons. The quantitative estimate of drug-likeness (QED) is 0.371. The van der Waals surface area contributed by atoms with Crippen LogP contribution in [0.15, 0.2) is 59.7 Å². The van der Waals surface area contributed by atoms with Crippen LogP contribution in [0, 0.1) is 17.1 Å². The fourth-order valence-electron chi connectivity index (χ4n) is 2.67. The summed E-state index contributed by atoms with van der Waals surface area (Å²) in [5, 5.41) is 13.5. The van der Waals surface area contributed by atoms with E-state index in [2.05, 4.69) is 10.5 Å². The normalized spacial score (nSPS) is 10.6. The van der Waals surface area contributed by atoms with Crippen LogP contribution in [0.25, 0.3) is 0 Å². The van der Waals surface area contributed by atoms with Crippen LogP contribution in [0.2, 0.25) is 10.0 Å². The first-order chi connectivity index (χ1) is 15.4. The van der Waals surface area contributed by atoms with Crippen LogP contribution in [-0.2, 0) is 6.61 Å². The average Bonchev–Trinajstić information content (AvgIpc) is 2.79. The molecule has 0 fully saturated rings.